The summed E-state index contributed by atoms with van der Waals surface area (Å²) in [4.78, 5) is 63.2. The Morgan fingerprint density at radius 3 is 1.91 bits per heavy atom. The van der Waals surface area contributed by atoms with Gasteiger partial charge in [0.1, 0.15) is 5.82 Å². The number of nitrogens with one attached hydrogen (secondary N) is 7. The Labute approximate surface area is 345 Å². The van der Waals surface area contributed by atoms with Crippen LogP contribution in [-0.4, -0.2) is 127 Å². The average Bonchev–Trinajstić information content (AvgIpc) is 3.67. The number of amides is 4. The highest BCUT2D eigenvalue weighted by Crippen LogP contribution is 2.36. The van der Waals surface area contributed by atoms with Crippen LogP contribution < -0.4 is 49.1 Å². The lowest BCUT2D eigenvalue weighted by molar-refractivity contribution is -0.137. The van der Waals surface area contributed by atoms with Crippen LogP contribution >= 0.6 is 23.5 Å². The van der Waals surface area contributed by atoms with Gasteiger partial charge in [0, 0.05) is 113 Å². The number of aromatic amines is 1. The first-order valence-electron chi connectivity index (χ1n) is 20.6. The molecule has 324 valence electrons. The summed E-state index contributed by atoms with van der Waals surface area (Å²) in [5.74, 6) is 1.76. The summed E-state index contributed by atoms with van der Waals surface area (Å²) in [6, 6.07) is -0.535. The summed E-state index contributed by atoms with van der Waals surface area (Å²) in [6.45, 7) is 16.3. The van der Waals surface area contributed by atoms with Crippen molar-refractivity contribution in [3.63, 3.8) is 0 Å². The molecule has 0 saturated heterocycles. The molecule has 1 heterocycles. The van der Waals surface area contributed by atoms with Crippen LogP contribution in [0.2, 0.25) is 0 Å². The van der Waals surface area contributed by atoms with Gasteiger partial charge in [-0.05, 0) is 68.5 Å². The molecular formula is C39H77N11O4S2. The fourth-order valence-corrected chi connectivity index (χ4v) is 8.54. The maximum Gasteiger partial charge on any atom is 0.226 e. The first-order chi connectivity index (χ1) is 26.7. The number of imidazole rings is 1. The van der Waals surface area contributed by atoms with Gasteiger partial charge in [-0.2, -0.15) is 23.5 Å². The molecule has 15 nitrogen and oxygen atoms in total. The summed E-state index contributed by atoms with van der Waals surface area (Å²) in [7, 11) is 0. The van der Waals surface area contributed by atoms with Crippen molar-refractivity contribution in [3.05, 3.63) is 18.2 Å². The molecule has 0 bridgehead atoms. The first-order valence-corrected chi connectivity index (χ1v) is 22.9. The molecule has 0 aliphatic rings. The maximum atomic E-state index is 14.3. The Kier molecular flexibility index (Phi) is 27.4. The van der Waals surface area contributed by atoms with Crippen molar-refractivity contribution in [2.75, 3.05) is 81.9 Å². The highest BCUT2D eigenvalue weighted by molar-refractivity contribution is 7.99. The van der Waals surface area contributed by atoms with Gasteiger partial charge in [-0.25, -0.2) is 4.98 Å². The largest absolute Gasteiger partial charge is 0.355 e. The van der Waals surface area contributed by atoms with Crippen molar-refractivity contribution in [1.82, 2.24) is 41.9 Å². The monoisotopic (exact) mass is 828 g/mol. The Balaban J connectivity index is 3.47. The molecule has 1 aromatic rings. The molecule has 4 amide bonds. The lowest BCUT2D eigenvalue weighted by Gasteiger charge is -2.40. The molecule has 0 aromatic carbocycles. The van der Waals surface area contributed by atoms with Gasteiger partial charge in [0.2, 0.25) is 23.6 Å². The van der Waals surface area contributed by atoms with Crippen molar-refractivity contribution < 1.29 is 19.2 Å². The van der Waals surface area contributed by atoms with E-state index in [-0.39, 0.29) is 42.4 Å². The molecule has 17 heteroatoms. The lowest BCUT2D eigenvalue weighted by atomic mass is 9.71. The zero-order chi connectivity index (χ0) is 41.8. The molecule has 0 fully saturated rings. The number of carbonyl (C=O) groups excluding carboxylic acids is 4. The topological polar surface area (TPSA) is 247 Å². The average molecular weight is 828 g/mol. The number of nitrogens with zero attached hydrogens (tertiary/aromatic N) is 1. The van der Waals surface area contributed by atoms with Gasteiger partial charge in [0.05, 0.1) is 5.92 Å². The highest BCUT2D eigenvalue weighted by atomic mass is 32.2. The van der Waals surface area contributed by atoms with Gasteiger partial charge in [-0.1, -0.05) is 27.7 Å². The van der Waals surface area contributed by atoms with Crippen LogP contribution in [0, 0.1) is 23.2 Å². The van der Waals surface area contributed by atoms with E-state index in [0.717, 1.165) is 41.7 Å². The van der Waals surface area contributed by atoms with Crippen molar-refractivity contribution in [2.24, 2.45) is 40.4 Å². The van der Waals surface area contributed by atoms with Crippen LogP contribution in [0.5, 0.6) is 0 Å². The highest BCUT2D eigenvalue weighted by Gasteiger charge is 2.44. The molecule has 0 radical (unpaired) electrons. The lowest BCUT2D eigenvalue weighted by Crippen LogP contribution is -2.54. The van der Waals surface area contributed by atoms with Gasteiger partial charge in [0.15, 0.2) is 0 Å². The first kappa shape index (κ1) is 51.6. The third-order valence-corrected chi connectivity index (χ3v) is 12.3. The third kappa shape index (κ3) is 21.4. The van der Waals surface area contributed by atoms with Gasteiger partial charge in [0.25, 0.3) is 0 Å². The fraction of sp³-hybridized carbons (Fsp3) is 0.821. The Morgan fingerprint density at radius 1 is 0.750 bits per heavy atom. The Morgan fingerprint density at radius 2 is 1.36 bits per heavy atom. The quantitative estimate of drug-likeness (QED) is 0.0443. The van der Waals surface area contributed by atoms with Crippen molar-refractivity contribution in [2.45, 2.75) is 98.1 Å². The number of H-pyrrole nitrogens is 1. The zero-order valence-corrected chi connectivity index (χ0v) is 36.9. The van der Waals surface area contributed by atoms with Gasteiger partial charge in [-0.3, -0.25) is 19.2 Å². The minimum atomic E-state index is -1.06. The standard InChI is InChI=1S/C39H77N11O4S2/c1-7-23-55-25-10-30(39(5,6)42)29(36(53)48-20-18-44-16-13-41)27-35(52)50-32(11-26-56-24-8-2)31(28-34(51)47-19-17-43-15-12-40)38(3,4)37(54)49-14-9-33-45-21-22-46-33/h21-22,29-32,43-44H,7-20,23-28,40-42H2,1-6H3,(H,45,46)(H,47,51)(H,48,53)(H,49,54)(H,50,52). The van der Waals surface area contributed by atoms with Gasteiger partial charge in [-0.15, -0.1) is 0 Å². The minimum Gasteiger partial charge on any atom is -0.355 e. The molecule has 0 aliphatic heterocycles. The van der Waals surface area contributed by atoms with E-state index < -0.39 is 28.8 Å². The van der Waals surface area contributed by atoms with E-state index in [1.54, 1.807) is 24.2 Å². The normalized spacial score (nSPS) is 14.1. The SMILES string of the molecule is CCCSCCC(NC(=O)CC(C(=O)NCCNCCN)C(CCSCCC)C(C)(C)N)C(CC(=O)NCCNCCN)C(C)(C)C(=O)NCCc1ncc[nH]1. The predicted molar refractivity (Wildman–Crippen MR) is 233 cm³/mol. The molecule has 1 rings (SSSR count). The second kappa shape index (κ2) is 29.8. The van der Waals surface area contributed by atoms with Crippen molar-refractivity contribution in [3.8, 4) is 0 Å². The summed E-state index contributed by atoms with van der Waals surface area (Å²) < 4.78 is 0. The Bertz CT molecular complexity index is 1220. The third-order valence-electron chi connectivity index (χ3n) is 9.85. The molecule has 4 atom stereocenters. The Hall–Kier alpha value is -2.41. The van der Waals surface area contributed by atoms with Crippen LogP contribution in [-0.2, 0) is 25.6 Å². The molecule has 56 heavy (non-hydrogen) atoms. The van der Waals surface area contributed by atoms with Gasteiger partial charge < -0.3 is 54.1 Å². The summed E-state index contributed by atoms with van der Waals surface area (Å²) in [5, 5.41) is 18.7. The fourth-order valence-electron chi connectivity index (χ4n) is 6.71. The number of rotatable bonds is 34. The van der Waals surface area contributed by atoms with E-state index in [9.17, 15) is 19.2 Å². The molecule has 0 spiro atoms. The minimum absolute atomic E-state index is 0.0195. The van der Waals surface area contributed by atoms with Crippen molar-refractivity contribution >= 4 is 47.2 Å². The van der Waals surface area contributed by atoms with Gasteiger partial charge >= 0.3 is 0 Å². The van der Waals surface area contributed by atoms with E-state index in [2.05, 4.69) is 55.7 Å². The smallest absolute Gasteiger partial charge is 0.226 e. The van der Waals surface area contributed by atoms with Crippen molar-refractivity contribution in [1.29, 1.82) is 0 Å². The van der Waals surface area contributed by atoms with E-state index in [4.69, 9.17) is 17.2 Å². The number of aromatic nitrogens is 2. The number of hydrogen-bond donors (Lipinski definition) is 10. The molecule has 1 aromatic heterocycles. The zero-order valence-electron chi connectivity index (χ0n) is 35.2. The molecule has 13 N–H and O–H groups in total. The van der Waals surface area contributed by atoms with Crippen LogP contribution in [0.15, 0.2) is 12.4 Å². The second-order valence-corrected chi connectivity index (χ2v) is 18.0. The number of thioether (sulfide) groups is 2. The second-order valence-electron chi connectivity index (χ2n) is 15.5. The van der Waals surface area contributed by atoms with Crippen LogP contribution in [0.25, 0.3) is 0 Å². The number of hydrogen-bond acceptors (Lipinski definition) is 12. The maximum absolute atomic E-state index is 14.3. The van der Waals surface area contributed by atoms with Crippen LogP contribution in [0.1, 0.15) is 85.9 Å². The predicted octanol–water partition coefficient (Wildman–Crippen LogP) is 1.34. The van der Waals surface area contributed by atoms with E-state index in [1.807, 2.05) is 39.5 Å². The van der Waals surface area contributed by atoms with E-state index in [0.29, 0.717) is 78.2 Å². The summed E-state index contributed by atoms with van der Waals surface area (Å²) in [5.41, 5.74) is 16.2. The van der Waals surface area contributed by atoms with E-state index in [1.165, 1.54) is 0 Å². The molecule has 0 aliphatic carbocycles. The molecular weight excluding hydrogens is 751 g/mol. The number of nitrogens with two attached hydrogens (primary N) is 3. The summed E-state index contributed by atoms with van der Waals surface area (Å²) in [6.07, 6.45) is 7.13. The van der Waals surface area contributed by atoms with E-state index >= 15 is 0 Å². The molecule has 4 unspecified atom stereocenters. The number of carbonyl (C=O) groups is 4. The summed E-state index contributed by atoms with van der Waals surface area (Å²) >= 11 is 3.60. The van der Waals surface area contributed by atoms with Crippen LogP contribution in [0.4, 0.5) is 0 Å². The van der Waals surface area contributed by atoms with Crippen LogP contribution in [0.3, 0.4) is 0 Å². The molecule has 0 saturated carbocycles.